The quantitative estimate of drug-likeness (QED) is 0.921. The Labute approximate surface area is 129 Å². The zero-order valence-corrected chi connectivity index (χ0v) is 13.1. The monoisotopic (exact) mass is 328 g/mol. The van der Waals surface area contributed by atoms with E-state index in [2.05, 4.69) is 0 Å². The molecule has 5 nitrogen and oxygen atoms in total. The minimum absolute atomic E-state index is 0.0661. The van der Waals surface area contributed by atoms with E-state index >= 15 is 0 Å². The van der Waals surface area contributed by atoms with Gasteiger partial charge in [-0.05, 0) is 31.0 Å². The first-order chi connectivity index (χ1) is 10.0. The fourth-order valence-electron chi connectivity index (χ4n) is 2.55. The Bertz CT molecular complexity index is 655. The molecule has 114 valence electrons. The summed E-state index contributed by atoms with van der Waals surface area (Å²) in [5, 5.41) is 18.5. The molecule has 1 aromatic carbocycles. The number of hydrogen-bond donors (Lipinski definition) is 1. The van der Waals surface area contributed by atoms with Gasteiger partial charge in [0.2, 0.25) is 10.0 Å². The predicted octanol–water partition coefficient (Wildman–Crippen LogP) is 2.14. The maximum atomic E-state index is 12.8. The number of nitrogens with zero attached hydrogens (tertiary/aromatic N) is 2. The lowest BCUT2D eigenvalue weighted by molar-refractivity contribution is 0.186. The lowest BCUT2D eigenvalue weighted by atomic mass is 10.1. The van der Waals surface area contributed by atoms with Crippen LogP contribution >= 0.6 is 11.6 Å². The van der Waals surface area contributed by atoms with Crippen LogP contribution in [0.15, 0.2) is 23.1 Å². The first-order valence-electron chi connectivity index (χ1n) is 6.83. The Kier molecular flexibility index (Phi) is 5.22. The van der Waals surface area contributed by atoms with E-state index in [-0.39, 0.29) is 22.1 Å². The summed E-state index contributed by atoms with van der Waals surface area (Å²) < 4.78 is 27.0. The number of benzene rings is 1. The van der Waals surface area contributed by atoms with Crippen molar-refractivity contribution in [3.8, 4) is 6.07 Å². The third-order valence-corrected chi connectivity index (χ3v) is 6.11. The SMILES string of the molecule is N#Cc1ccc(Cl)c(S(=O)(=O)N2CCCCCC2CO)c1. The van der Waals surface area contributed by atoms with E-state index in [4.69, 9.17) is 16.9 Å². The summed E-state index contributed by atoms with van der Waals surface area (Å²) in [4.78, 5) is -0.0661. The van der Waals surface area contributed by atoms with Gasteiger partial charge in [-0.25, -0.2) is 8.42 Å². The van der Waals surface area contributed by atoms with Crippen LogP contribution in [0.5, 0.6) is 0 Å². The van der Waals surface area contributed by atoms with Crippen molar-refractivity contribution in [2.24, 2.45) is 0 Å². The van der Waals surface area contributed by atoms with Crippen LogP contribution in [-0.2, 0) is 10.0 Å². The summed E-state index contributed by atoms with van der Waals surface area (Å²) in [6.45, 7) is 0.148. The van der Waals surface area contributed by atoms with Gasteiger partial charge in [0.05, 0.1) is 23.3 Å². The van der Waals surface area contributed by atoms with E-state index < -0.39 is 16.1 Å². The normalized spacial score (nSPS) is 20.7. The fourth-order valence-corrected chi connectivity index (χ4v) is 4.73. The number of aliphatic hydroxyl groups excluding tert-OH is 1. The molecule has 2 rings (SSSR count). The number of halogens is 1. The minimum atomic E-state index is -3.82. The standard InChI is InChI=1S/C14H17ClN2O3S/c15-13-6-5-11(9-16)8-14(13)21(19,20)17-7-3-1-2-4-12(17)10-18/h5-6,8,12,18H,1-4,7,10H2. The van der Waals surface area contributed by atoms with Crippen molar-refractivity contribution in [2.75, 3.05) is 13.2 Å². The van der Waals surface area contributed by atoms with Crippen molar-refractivity contribution in [1.82, 2.24) is 4.31 Å². The Morgan fingerprint density at radius 1 is 1.38 bits per heavy atom. The number of aliphatic hydroxyl groups is 1. The van der Waals surface area contributed by atoms with Crippen LogP contribution in [0, 0.1) is 11.3 Å². The van der Waals surface area contributed by atoms with E-state index in [1.165, 1.54) is 22.5 Å². The Hall–Kier alpha value is -1.13. The summed E-state index contributed by atoms with van der Waals surface area (Å²) in [6.07, 6.45) is 3.22. The Morgan fingerprint density at radius 2 is 2.14 bits per heavy atom. The molecule has 1 fully saturated rings. The van der Waals surface area contributed by atoms with Gasteiger partial charge in [-0.15, -0.1) is 0 Å². The molecule has 1 saturated heterocycles. The van der Waals surface area contributed by atoms with Crippen LogP contribution in [0.3, 0.4) is 0 Å². The number of sulfonamides is 1. The van der Waals surface area contributed by atoms with Crippen molar-refractivity contribution >= 4 is 21.6 Å². The molecule has 1 aliphatic heterocycles. The third-order valence-electron chi connectivity index (χ3n) is 3.68. The molecule has 1 aromatic rings. The van der Waals surface area contributed by atoms with E-state index in [9.17, 15) is 13.5 Å². The van der Waals surface area contributed by atoms with Crippen LogP contribution < -0.4 is 0 Å². The van der Waals surface area contributed by atoms with Gasteiger partial charge in [0.25, 0.3) is 0 Å². The molecular weight excluding hydrogens is 312 g/mol. The van der Waals surface area contributed by atoms with E-state index in [1.54, 1.807) is 0 Å². The zero-order chi connectivity index (χ0) is 15.5. The molecule has 1 heterocycles. The van der Waals surface area contributed by atoms with E-state index in [0.717, 1.165) is 19.3 Å². The summed E-state index contributed by atoms with van der Waals surface area (Å²) in [5.74, 6) is 0. The first kappa shape index (κ1) is 16.2. The zero-order valence-electron chi connectivity index (χ0n) is 11.5. The van der Waals surface area contributed by atoms with Gasteiger partial charge in [-0.2, -0.15) is 9.57 Å². The highest BCUT2D eigenvalue weighted by atomic mass is 35.5. The lowest BCUT2D eigenvalue weighted by Gasteiger charge is -2.28. The third kappa shape index (κ3) is 3.38. The van der Waals surface area contributed by atoms with Gasteiger partial charge in [0.15, 0.2) is 0 Å². The predicted molar refractivity (Wildman–Crippen MR) is 79.4 cm³/mol. The molecule has 1 aliphatic rings. The van der Waals surface area contributed by atoms with E-state index in [0.29, 0.717) is 13.0 Å². The molecule has 1 N–H and O–H groups in total. The van der Waals surface area contributed by atoms with Gasteiger partial charge >= 0.3 is 0 Å². The fraction of sp³-hybridized carbons (Fsp3) is 0.500. The number of rotatable bonds is 3. The molecule has 0 radical (unpaired) electrons. The van der Waals surface area contributed by atoms with Crippen molar-refractivity contribution in [3.05, 3.63) is 28.8 Å². The van der Waals surface area contributed by atoms with Crippen molar-refractivity contribution in [3.63, 3.8) is 0 Å². The highest BCUT2D eigenvalue weighted by Gasteiger charge is 2.33. The second-order valence-corrected chi connectivity index (χ2v) is 7.32. The van der Waals surface area contributed by atoms with Gasteiger partial charge in [-0.1, -0.05) is 24.4 Å². The summed E-state index contributed by atoms with van der Waals surface area (Å²) >= 11 is 6.01. The van der Waals surface area contributed by atoms with Gasteiger partial charge in [0.1, 0.15) is 4.90 Å². The van der Waals surface area contributed by atoms with Crippen molar-refractivity contribution < 1.29 is 13.5 Å². The van der Waals surface area contributed by atoms with Crippen LogP contribution in [0.4, 0.5) is 0 Å². The van der Waals surface area contributed by atoms with Crippen LogP contribution in [0.25, 0.3) is 0 Å². The molecule has 0 aromatic heterocycles. The average molecular weight is 329 g/mol. The van der Waals surface area contributed by atoms with Crippen LogP contribution in [-0.4, -0.2) is 37.0 Å². The second-order valence-electron chi connectivity index (χ2n) is 5.06. The maximum absolute atomic E-state index is 12.8. The average Bonchev–Trinajstić information content (AvgIpc) is 2.73. The summed E-state index contributed by atoms with van der Waals surface area (Å²) in [5.41, 5.74) is 0.244. The molecule has 0 spiro atoms. The Morgan fingerprint density at radius 3 is 2.81 bits per heavy atom. The topological polar surface area (TPSA) is 81.4 Å². The highest BCUT2D eigenvalue weighted by Crippen LogP contribution is 2.29. The molecular formula is C14H17ClN2O3S. The molecule has 7 heteroatoms. The summed E-state index contributed by atoms with van der Waals surface area (Å²) in [7, 11) is -3.82. The number of hydrogen-bond acceptors (Lipinski definition) is 4. The van der Waals surface area contributed by atoms with Gasteiger partial charge in [-0.3, -0.25) is 0 Å². The molecule has 0 saturated carbocycles. The molecule has 1 unspecified atom stereocenters. The molecule has 1 atom stereocenters. The minimum Gasteiger partial charge on any atom is -0.395 e. The van der Waals surface area contributed by atoms with Crippen molar-refractivity contribution in [2.45, 2.75) is 36.6 Å². The Balaban J connectivity index is 2.47. The lowest BCUT2D eigenvalue weighted by Crippen LogP contribution is -2.42. The van der Waals surface area contributed by atoms with E-state index in [1.807, 2.05) is 6.07 Å². The van der Waals surface area contributed by atoms with Crippen molar-refractivity contribution in [1.29, 1.82) is 5.26 Å². The molecule has 0 aliphatic carbocycles. The highest BCUT2D eigenvalue weighted by molar-refractivity contribution is 7.89. The summed E-state index contributed by atoms with van der Waals surface area (Å²) in [6, 6.07) is 5.67. The largest absolute Gasteiger partial charge is 0.395 e. The molecule has 0 amide bonds. The van der Waals surface area contributed by atoms with Gasteiger partial charge < -0.3 is 5.11 Å². The van der Waals surface area contributed by atoms with Crippen LogP contribution in [0.2, 0.25) is 5.02 Å². The van der Waals surface area contributed by atoms with Crippen LogP contribution in [0.1, 0.15) is 31.2 Å². The first-order valence-corrected chi connectivity index (χ1v) is 8.65. The molecule has 21 heavy (non-hydrogen) atoms. The smallest absolute Gasteiger partial charge is 0.244 e. The molecule has 0 bridgehead atoms. The number of nitriles is 1. The van der Waals surface area contributed by atoms with Gasteiger partial charge in [0, 0.05) is 12.6 Å². The maximum Gasteiger partial charge on any atom is 0.244 e. The second kappa shape index (κ2) is 6.75.